The summed E-state index contributed by atoms with van der Waals surface area (Å²) in [6, 6.07) is 0. The van der Waals surface area contributed by atoms with Crippen molar-refractivity contribution in [3.63, 3.8) is 0 Å². The lowest BCUT2D eigenvalue weighted by molar-refractivity contribution is -0.117. The predicted molar refractivity (Wildman–Crippen MR) is 52.7 cm³/mol. The van der Waals surface area contributed by atoms with E-state index in [2.05, 4.69) is 10.4 Å². The van der Waals surface area contributed by atoms with Crippen LogP contribution in [0.2, 0.25) is 0 Å². The Balaban J connectivity index is 2.55. The molecule has 0 unspecified atom stereocenters. The van der Waals surface area contributed by atoms with E-state index in [1.165, 1.54) is 10.9 Å². The average molecular weight is 198 g/mol. The van der Waals surface area contributed by atoms with Crippen LogP contribution in [0.3, 0.4) is 0 Å². The number of aromatic nitrogens is 2. The van der Waals surface area contributed by atoms with Crippen molar-refractivity contribution >= 4 is 17.4 Å². The first-order valence-electron chi connectivity index (χ1n) is 4.21. The summed E-state index contributed by atoms with van der Waals surface area (Å²) < 4.78 is 6.29. The van der Waals surface area contributed by atoms with E-state index in [1.54, 1.807) is 14.2 Å². The third kappa shape index (κ3) is 2.46. The molecule has 0 saturated carbocycles. The van der Waals surface area contributed by atoms with Crippen molar-refractivity contribution in [2.24, 2.45) is 7.05 Å². The number of nitrogen functional groups attached to an aromatic ring is 1. The number of amides is 1. The van der Waals surface area contributed by atoms with Gasteiger partial charge in [-0.1, -0.05) is 0 Å². The quantitative estimate of drug-likeness (QED) is 0.712. The summed E-state index contributed by atoms with van der Waals surface area (Å²) in [5, 5.41) is 6.55. The van der Waals surface area contributed by atoms with Gasteiger partial charge in [-0.3, -0.25) is 9.48 Å². The van der Waals surface area contributed by atoms with Gasteiger partial charge in [-0.15, -0.1) is 0 Å². The van der Waals surface area contributed by atoms with Crippen molar-refractivity contribution in [1.82, 2.24) is 9.78 Å². The van der Waals surface area contributed by atoms with Crippen molar-refractivity contribution in [2.45, 2.75) is 6.42 Å². The smallest absolute Gasteiger partial charge is 0.227 e. The van der Waals surface area contributed by atoms with Crippen molar-refractivity contribution in [3.8, 4) is 0 Å². The van der Waals surface area contributed by atoms with Crippen LogP contribution in [0.5, 0.6) is 0 Å². The Morgan fingerprint density at radius 1 is 1.79 bits per heavy atom. The van der Waals surface area contributed by atoms with Gasteiger partial charge in [-0.05, 0) is 0 Å². The topological polar surface area (TPSA) is 82.2 Å². The second-order valence-corrected chi connectivity index (χ2v) is 2.86. The summed E-state index contributed by atoms with van der Waals surface area (Å²) in [5.41, 5.74) is 6.05. The summed E-state index contributed by atoms with van der Waals surface area (Å²) in [7, 11) is 3.26. The molecule has 0 aromatic carbocycles. The summed E-state index contributed by atoms with van der Waals surface area (Å²) in [6.45, 7) is 0.392. The lowest BCUT2D eigenvalue weighted by Crippen LogP contribution is -2.16. The maximum atomic E-state index is 11.3. The number of rotatable bonds is 4. The lowest BCUT2D eigenvalue weighted by atomic mass is 10.4. The number of aryl methyl sites for hydroxylation is 1. The Morgan fingerprint density at radius 2 is 2.50 bits per heavy atom. The van der Waals surface area contributed by atoms with Gasteiger partial charge < -0.3 is 15.8 Å². The highest BCUT2D eigenvalue weighted by molar-refractivity contribution is 5.92. The van der Waals surface area contributed by atoms with E-state index < -0.39 is 0 Å². The maximum absolute atomic E-state index is 11.3. The molecule has 1 amide bonds. The van der Waals surface area contributed by atoms with Gasteiger partial charge in [-0.25, -0.2) is 0 Å². The van der Waals surface area contributed by atoms with Crippen molar-refractivity contribution in [2.75, 3.05) is 24.8 Å². The number of nitrogens with two attached hydrogens (primary N) is 1. The number of carbonyl (C=O) groups is 1. The van der Waals surface area contributed by atoms with Crippen LogP contribution in [0, 0.1) is 0 Å². The Morgan fingerprint density at radius 3 is 3.00 bits per heavy atom. The van der Waals surface area contributed by atoms with E-state index in [9.17, 15) is 4.79 Å². The molecular weight excluding hydrogens is 184 g/mol. The summed E-state index contributed by atoms with van der Waals surface area (Å²) in [6.07, 6.45) is 1.80. The highest BCUT2D eigenvalue weighted by Crippen LogP contribution is 2.15. The fraction of sp³-hybridized carbons (Fsp3) is 0.500. The average Bonchev–Trinajstić information content (AvgIpc) is 2.46. The molecule has 6 nitrogen and oxygen atoms in total. The normalized spacial score (nSPS) is 10.1. The first-order chi connectivity index (χ1) is 6.65. The number of nitrogens with one attached hydrogen (secondary N) is 1. The first-order valence-corrected chi connectivity index (χ1v) is 4.21. The number of methoxy groups -OCH3 is 1. The van der Waals surface area contributed by atoms with Crippen LogP contribution >= 0.6 is 0 Å². The second-order valence-electron chi connectivity index (χ2n) is 2.86. The molecular formula is C8H14N4O2. The Hall–Kier alpha value is -1.56. The molecule has 1 aromatic heterocycles. The van der Waals surface area contributed by atoms with Gasteiger partial charge in [0.1, 0.15) is 0 Å². The van der Waals surface area contributed by atoms with Gasteiger partial charge in [0, 0.05) is 14.2 Å². The molecule has 1 rings (SSSR count). The zero-order chi connectivity index (χ0) is 10.6. The lowest BCUT2D eigenvalue weighted by Gasteiger charge is -2.05. The molecule has 0 saturated heterocycles. The van der Waals surface area contributed by atoms with Crippen LogP contribution in [-0.4, -0.2) is 29.4 Å². The molecule has 3 N–H and O–H groups in total. The minimum absolute atomic E-state index is 0.137. The van der Waals surface area contributed by atoms with Crippen LogP contribution < -0.4 is 11.1 Å². The minimum atomic E-state index is -0.137. The molecule has 0 spiro atoms. The van der Waals surface area contributed by atoms with Crippen molar-refractivity contribution in [3.05, 3.63) is 6.20 Å². The highest BCUT2D eigenvalue weighted by Gasteiger charge is 2.08. The van der Waals surface area contributed by atoms with Gasteiger partial charge in [0.25, 0.3) is 0 Å². The molecule has 0 aliphatic rings. The van der Waals surface area contributed by atoms with Crippen molar-refractivity contribution < 1.29 is 9.53 Å². The van der Waals surface area contributed by atoms with Gasteiger partial charge in [0.05, 0.1) is 24.9 Å². The Kier molecular flexibility index (Phi) is 3.47. The molecule has 6 heteroatoms. The molecule has 0 bridgehead atoms. The highest BCUT2D eigenvalue weighted by atomic mass is 16.5. The number of nitrogens with zero attached hydrogens (tertiary/aromatic N) is 2. The number of hydrogen-bond donors (Lipinski definition) is 2. The monoisotopic (exact) mass is 198 g/mol. The van der Waals surface area contributed by atoms with Crippen LogP contribution in [0.1, 0.15) is 6.42 Å². The second kappa shape index (κ2) is 4.61. The van der Waals surface area contributed by atoms with Crippen LogP contribution in [0.25, 0.3) is 0 Å². The van der Waals surface area contributed by atoms with E-state index in [4.69, 9.17) is 10.5 Å². The van der Waals surface area contributed by atoms with E-state index in [-0.39, 0.29) is 5.91 Å². The van der Waals surface area contributed by atoms with E-state index >= 15 is 0 Å². The zero-order valence-corrected chi connectivity index (χ0v) is 8.28. The zero-order valence-electron chi connectivity index (χ0n) is 8.28. The SMILES string of the molecule is COCCC(=O)Nc1c(N)cnn1C. The van der Waals surface area contributed by atoms with E-state index in [0.717, 1.165) is 0 Å². The van der Waals surface area contributed by atoms with Gasteiger partial charge >= 0.3 is 0 Å². The summed E-state index contributed by atoms with van der Waals surface area (Å²) in [5.74, 6) is 0.383. The van der Waals surface area contributed by atoms with Gasteiger partial charge in [0.2, 0.25) is 5.91 Å². The fourth-order valence-corrected chi connectivity index (χ4v) is 0.997. The Labute approximate surface area is 82.0 Å². The number of carbonyl (C=O) groups excluding carboxylic acids is 1. The third-order valence-electron chi connectivity index (χ3n) is 1.76. The van der Waals surface area contributed by atoms with E-state index in [1.807, 2.05) is 0 Å². The number of ether oxygens (including phenoxy) is 1. The van der Waals surface area contributed by atoms with Crippen molar-refractivity contribution in [1.29, 1.82) is 0 Å². The molecule has 1 heterocycles. The maximum Gasteiger partial charge on any atom is 0.227 e. The van der Waals surface area contributed by atoms with Gasteiger partial charge in [0.15, 0.2) is 5.82 Å². The first kappa shape index (κ1) is 10.5. The van der Waals surface area contributed by atoms with Gasteiger partial charge in [-0.2, -0.15) is 5.10 Å². The molecule has 0 aliphatic heterocycles. The summed E-state index contributed by atoms with van der Waals surface area (Å²) >= 11 is 0. The fourth-order valence-electron chi connectivity index (χ4n) is 0.997. The predicted octanol–water partition coefficient (Wildman–Crippen LogP) is -0.0227. The standard InChI is InChI=1S/C8H14N4O2/c1-12-8(6(9)5-10-12)11-7(13)3-4-14-2/h5H,3-4,9H2,1-2H3,(H,11,13). The molecule has 0 atom stereocenters. The number of hydrogen-bond acceptors (Lipinski definition) is 4. The molecule has 0 fully saturated rings. The molecule has 14 heavy (non-hydrogen) atoms. The number of anilines is 2. The molecule has 0 radical (unpaired) electrons. The molecule has 0 aliphatic carbocycles. The van der Waals surface area contributed by atoms with Crippen LogP contribution in [-0.2, 0) is 16.6 Å². The third-order valence-corrected chi connectivity index (χ3v) is 1.76. The molecule has 1 aromatic rings. The minimum Gasteiger partial charge on any atom is -0.394 e. The molecule has 78 valence electrons. The Bertz CT molecular complexity index is 302. The summed E-state index contributed by atoms with van der Waals surface area (Å²) in [4.78, 5) is 11.3. The largest absolute Gasteiger partial charge is 0.394 e. The van der Waals surface area contributed by atoms with E-state index in [0.29, 0.717) is 24.5 Å². The van der Waals surface area contributed by atoms with Crippen LogP contribution in [0.4, 0.5) is 11.5 Å². The van der Waals surface area contributed by atoms with Crippen LogP contribution in [0.15, 0.2) is 6.20 Å².